The lowest BCUT2D eigenvalue weighted by Crippen LogP contribution is -2.02. The molecule has 0 radical (unpaired) electrons. The average Bonchev–Trinajstić information content (AvgIpc) is 2.03. The summed E-state index contributed by atoms with van der Waals surface area (Å²) in [6, 6.07) is 0. The summed E-state index contributed by atoms with van der Waals surface area (Å²) in [5.74, 6) is 0. The van der Waals surface area contributed by atoms with Crippen LogP contribution in [0.3, 0.4) is 0 Å². The Morgan fingerprint density at radius 3 is 1.92 bits per heavy atom. The summed E-state index contributed by atoms with van der Waals surface area (Å²) in [5, 5.41) is 0.491. The maximum atomic E-state index is 5.60. The fourth-order valence-electron chi connectivity index (χ4n) is 0.545. The van der Waals surface area contributed by atoms with Crippen LogP contribution in [0.15, 0.2) is 35.4 Å². The van der Waals surface area contributed by atoms with Gasteiger partial charge in [0.1, 0.15) is 0 Å². The van der Waals surface area contributed by atoms with Crippen LogP contribution in [0, 0.1) is 0 Å². The van der Waals surface area contributed by atoms with E-state index in [4.69, 9.17) is 17.3 Å². The lowest BCUT2D eigenvalue weighted by Gasteiger charge is -1.99. The fourth-order valence-corrected chi connectivity index (χ4v) is 0.677. The van der Waals surface area contributed by atoms with Crippen LogP contribution in [0.5, 0.6) is 0 Å². The van der Waals surface area contributed by atoms with Gasteiger partial charge in [-0.25, -0.2) is 0 Å². The molecule has 0 unspecified atom stereocenters. The van der Waals surface area contributed by atoms with E-state index in [1.165, 1.54) is 0 Å². The molecular formula is C10H18ClN. The molecular weight excluding hydrogens is 170 g/mol. The van der Waals surface area contributed by atoms with Gasteiger partial charge >= 0.3 is 0 Å². The van der Waals surface area contributed by atoms with Crippen molar-refractivity contribution in [3.05, 3.63) is 35.4 Å². The van der Waals surface area contributed by atoms with E-state index in [-0.39, 0.29) is 0 Å². The zero-order chi connectivity index (χ0) is 10.1. The van der Waals surface area contributed by atoms with Crippen LogP contribution in [0.4, 0.5) is 0 Å². The molecule has 0 saturated heterocycles. The topological polar surface area (TPSA) is 26.0 Å². The molecule has 0 aliphatic carbocycles. The molecule has 1 nitrogen and oxygen atoms in total. The molecule has 0 rings (SSSR count). The third-order valence-electron chi connectivity index (χ3n) is 0.989. The molecule has 0 aromatic heterocycles. The van der Waals surface area contributed by atoms with E-state index < -0.39 is 0 Å². The minimum absolute atomic E-state index is 0.412. The monoisotopic (exact) mass is 187 g/mol. The second-order valence-corrected chi connectivity index (χ2v) is 2.58. The first-order valence-corrected chi connectivity index (χ1v) is 4.36. The van der Waals surface area contributed by atoms with Gasteiger partial charge in [-0.1, -0.05) is 50.3 Å². The number of rotatable bonds is 3. The molecule has 0 amide bonds. The Morgan fingerprint density at radius 2 is 1.83 bits per heavy atom. The number of nitrogens with two attached hydrogens (primary N) is 1. The summed E-state index contributed by atoms with van der Waals surface area (Å²) in [5.41, 5.74) is 7.14. The summed E-state index contributed by atoms with van der Waals surface area (Å²) >= 11 is 5.60. The Kier molecular flexibility index (Phi) is 10.0. The molecule has 70 valence electrons. The summed E-state index contributed by atoms with van der Waals surface area (Å²) in [6.07, 6.45) is 1.83. The van der Waals surface area contributed by atoms with Gasteiger partial charge in [-0.05, 0) is 12.5 Å². The zero-order valence-corrected chi connectivity index (χ0v) is 8.91. The zero-order valence-electron chi connectivity index (χ0n) is 8.15. The van der Waals surface area contributed by atoms with Crippen molar-refractivity contribution in [3.63, 3.8) is 0 Å². The predicted octanol–water partition coefficient (Wildman–Crippen LogP) is 3.23. The maximum absolute atomic E-state index is 5.60. The minimum atomic E-state index is 0.412. The summed E-state index contributed by atoms with van der Waals surface area (Å²) in [6.45, 7) is 13.5. The van der Waals surface area contributed by atoms with Crippen LogP contribution in [0.2, 0.25) is 0 Å². The van der Waals surface area contributed by atoms with E-state index in [0.717, 1.165) is 11.1 Å². The molecule has 0 aromatic rings. The molecule has 0 aliphatic heterocycles. The highest BCUT2D eigenvalue weighted by molar-refractivity contribution is 6.31. The molecule has 0 atom stereocenters. The number of hydrogen-bond donors (Lipinski definition) is 1. The molecule has 0 spiro atoms. The Balaban J connectivity index is 0. The number of hydrogen-bond acceptors (Lipinski definition) is 1. The first kappa shape index (κ1) is 14.0. The fraction of sp³-hybridized carbons (Fsp3) is 0.400. The smallest absolute Gasteiger partial charge is 0.0379 e. The van der Waals surface area contributed by atoms with Crippen LogP contribution >= 0.6 is 11.6 Å². The van der Waals surface area contributed by atoms with E-state index in [1.54, 1.807) is 0 Å². The highest BCUT2D eigenvalue weighted by Crippen LogP contribution is 2.11. The van der Waals surface area contributed by atoms with Crippen molar-refractivity contribution in [1.29, 1.82) is 0 Å². The van der Waals surface area contributed by atoms with Crippen molar-refractivity contribution in [3.8, 4) is 0 Å². The molecule has 0 heterocycles. The molecule has 0 fully saturated rings. The Labute approximate surface area is 80.6 Å². The van der Waals surface area contributed by atoms with Crippen LogP contribution in [-0.4, -0.2) is 6.54 Å². The average molecular weight is 188 g/mol. The van der Waals surface area contributed by atoms with Gasteiger partial charge in [-0.15, -0.1) is 0 Å². The van der Waals surface area contributed by atoms with Gasteiger partial charge in [0.2, 0.25) is 0 Å². The molecule has 0 saturated carbocycles. The number of halogens is 1. The summed E-state index contributed by atoms with van der Waals surface area (Å²) in [4.78, 5) is 0. The van der Waals surface area contributed by atoms with Crippen molar-refractivity contribution in [2.24, 2.45) is 5.73 Å². The van der Waals surface area contributed by atoms with E-state index in [1.807, 2.05) is 26.8 Å². The first-order valence-electron chi connectivity index (χ1n) is 3.99. The van der Waals surface area contributed by atoms with Gasteiger partial charge in [0, 0.05) is 11.6 Å². The Bertz CT molecular complexity index is 180. The highest BCUT2D eigenvalue weighted by atomic mass is 35.5. The van der Waals surface area contributed by atoms with Crippen LogP contribution in [-0.2, 0) is 0 Å². The highest BCUT2D eigenvalue weighted by Gasteiger charge is 1.94. The Morgan fingerprint density at radius 1 is 1.42 bits per heavy atom. The SMILES string of the molecule is C=C(C)/C=C(/CN)C(=C)Cl.CC. The standard InChI is InChI=1S/C8H12ClN.C2H6/c1-6(2)4-8(5-10)7(3)9;1-2/h4H,1,3,5,10H2,2H3;1-2H3/b8-4-;. The molecule has 2 N–H and O–H groups in total. The van der Waals surface area contributed by atoms with Crippen LogP contribution in [0.25, 0.3) is 0 Å². The van der Waals surface area contributed by atoms with E-state index >= 15 is 0 Å². The largest absolute Gasteiger partial charge is 0.326 e. The van der Waals surface area contributed by atoms with E-state index in [0.29, 0.717) is 11.6 Å². The van der Waals surface area contributed by atoms with Gasteiger partial charge in [0.25, 0.3) is 0 Å². The van der Waals surface area contributed by atoms with Gasteiger partial charge < -0.3 is 5.73 Å². The second-order valence-electron chi connectivity index (χ2n) is 2.12. The molecule has 0 bridgehead atoms. The van der Waals surface area contributed by atoms with Crippen molar-refractivity contribution < 1.29 is 0 Å². The minimum Gasteiger partial charge on any atom is -0.326 e. The lowest BCUT2D eigenvalue weighted by molar-refractivity contribution is 1.17. The van der Waals surface area contributed by atoms with Gasteiger partial charge in [-0.2, -0.15) is 0 Å². The van der Waals surface area contributed by atoms with Crippen molar-refractivity contribution >= 4 is 11.6 Å². The van der Waals surface area contributed by atoms with Crippen LogP contribution in [0.1, 0.15) is 20.8 Å². The summed E-state index contributed by atoms with van der Waals surface area (Å²) < 4.78 is 0. The van der Waals surface area contributed by atoms with Crippen molar-refractivity contribution in [2.75, 3.05) is 6.54 Å². The predicted molar refractivity (Wildman–Crippen MR) is 58.3 cm³/mol. The second kappa shape index (κ2) is 8.57. The molecule has 2 heteroatoms. The van der Waals surface area contributed by atoms with Gasteiger partial charge in [0.15, 0.2) is 0 Å². The normalized spacial score (nSPS) is 9.92. The van der Waals surface area contributed by atoms with E-state index in [9.17, 15) is 0 Å². The Hall–Kier alpha value is -0.530. The van der Waals surface area contributed by atoms with Crippen LogP contribution < -0.4 is 5.73 Å². The first-order chi connectivity index (χ1) is 5.57. The quantitative estimate of drug-likeness (QED) is 0.675. The van der Waals surface area contributed by atoms with E-state index in [2.05, 4.69) is 13.2 Å². The van der Waals surface area contributed by atoms with Gasteiger partial charge in [0.05, 0.1) is 0 Å². The molecule has 12 heavy (non-hydrogen) atoms. The summed E-state index contributed by atoms with van der Waals surface area (Å²) in [7, 11) is 0. The maximum Gasteiger partial charge on any atom is 0.0379 e. The molecule has 0 aromatic carbocycles. The van der Waals surface area contributed by atoms with Crippen molar-refractivity contribution in [1.82, 2.24) is 0 Å². The third-order valence-corrected chi connectivity index (χ3v) is 1.23. The van der Waals surface area contributed by atoms with Crippen molar-refractivity contribution in [2.45, 2.75) is 20.8 Å². The lowest BCUT2D eigenvalue weighted by atomic mass is 10.2. The third kappa shape index (κ3) is 7.58. The van der Waals surface area contributed by atoms with Gasteiger partial charge in [-0.3, -0.25) is 0 Å². The molecule has 0 aliphatic rings. The number of allylic oxidation sites excluding steroid dienone is 2.